The first-order chi connectivity index (χ1) is 6.50. The fourth-order valence-electron chi connectivity index (χ4n) is 1.89. The van der Waals surface area contributed by atoms with E-state index < -0.39 is 32.8 Å². The molecule has 3 nitrogen and oxygen atoms in total. The number of hydrogen-bond acceptors (Lipinski definition) is 3. The summed E-state index contributed by atoms with van der Waals surface area (Å²) in [5.74, 6) is -1.57. The van der Waals surface area contributed by atoms with Crippen LogP contribution < -0.4 is 0 Å². The van der Waals surface area contributed by atoms with E-state index in [1.165, 1.54) is 13.8 Å². The Kier molecular flexibility index (Phi) is 2.85. The molecular formula is C8H13F3O3S. The Bertz CT molecular complexity index is 345. The van der Waals surface area contributed by atoms with E-state index in [2.05, 4.69) is 0 Å². The van der Waals surface area contributed by atoms with Gasteiger partial charge in [-0.05, 0) is 20.3 Å². The number of aliphatic hydroxyl groups excluding tert-OH is 1. The van der Waals surface area contributed by atoms with Crippen LogP contribution in [0, 0.1) is 5.92 Å². The summed E-state index contributed by atoms with van der Waals surface area (Å²) >= 11 is 0. The third kappa shape index (κ3) is 1.99. The van der Waals surface area contributed by atoms with Crippen molar-refractivity contribution in [3.63, 3.8) is 0 Å². The van der Waals surface area contributed by atoms with Gasteiger partial charge in [0, 0.05) is 5.92 Å². The summed E-state index contributed by atoms with van der Waals surface area (Å²) < 4.78 is 58.1. The lowest BCUT2D eigenvalue weighted by Crippen LogP contribution is -2.46. The summed E-state index contributed by atoms with van der Waals surface area (Å²) in [6.07, 6.45) is -7.47. The summed E-state index contributed by atoms with van der Waals surface area (Å²) in [6, 6.07) is 0. The van der Waals surface area contributed by atoms with Gasteiger partial charge in [-0.1, -0.05) is 0 Å². The maximum absolute atomic E-state index is 12.3. The predicted molar refractivity (Wildman–Crippen MR) is 48.0 cm³/mol. The van der Waals surface area contributed by atoms with E-state index in [0.29, 0.717) is 0 Å². The number of hydrogen-bond donors (Lipinski definition) is 1. The van der Waals surface area contributed by atoms with Crippen LogP contribution in [0.2, 0.25) is 0 Å². The Labute approximate surface area is 86.2 Å². The summed E-state index contributed by atoms with van der Waals surface area (Å²) in [7, 11) is -3.54. The van der Waals surface area contributed by atoms with Crippen molar-refractivity contribution >= 4 is 9.84 Å². The quantitative estimate of drug-likeness (QED) is 0.754. The van der Waals surface area contributed by atoms with E-state index >= 15 is 0 Å². The highest BCUT2D eigenvalue weighted by atomic mass is 32.2. The summed E-state index contributed by atoms with van der Waals surface area (Å²) in [5.41, 5.74) is 0. The molecule has 0 spiro atoms. The monoisotopic (exact) mass is 246 g/mol. The molecule has 7 heteroatoms. The van der Waals surface area contributed by atoms with E-state index in [1.54, 1.807) is 0 Å². The fraction of sp³-hybridized carbons (Fsp3) is 1.00. The third-order valence-electron chi connectivity index (χ3n) is 3.11. The van der Waals surface area contributed by atoms with Crippen molar-refractivity contribution in [2.45, 2.75) is 37.3 Å². The first kappa shape index (κ1) is 12.8. The normalized spacial score (nSPS) is 31.5. The number of alkyl halides is 3. The Balaban J connectivity index is 3.02. The van der Waals surface area contributed by atoms with Gasteiger partial charge in [0.15, 0.2) is 15.9 Å². The van der Waals surface area contributed by atoms with Gasteiger partial charge in [-0.3, -0.25) is 0 Å². The number of rotatable bonds is 1. The van der Waals surface area contributed by atoms with Crippen molar-refractivity contribution in [2.24, 2.45) is 5.92 Å². The van der Waals surface area contributed by atoms with Crippen LogP contribution in [0.1, 0.15) is 20.3 Å². The molecule has 1 N–H and O–H groups in total. The predicted octanol–water partition coefficient (Wildman–Crippen LogP) is 1.12. The van der Waals surface area contributed by atoms with Crippen LogP contribution in [0.3, 0.4) is 0 Å². The average Bonchev–Trinajstić information content (AvgIpc) is 2.20. The molecule has 1 rings (SSSR count). The van der Waals surface area contributed by atoms with Gasteiger partial charge >= 0.3 is 6.18 Å². The smallest absolute Gasteiger partial charge is 0.383 e. The third-order valence-corrected chi connectivity index (χ3v) is 5.79. The van der Waals surface area contributed by atoms with Gasteiger partial charge in [0.05, 0.1) is 10.5 Å². The van der Waals surface area contributed by atoms with Gasteiger partial charge in [0.2, 0.25) is 0 Å². The molecule has 0 aliphatic carbocycles. The lowest BCUT2D eigenvalue weighted by molar-refractivity contribution is -0.221. The van der Waals surface area contributed by atoms with E-state index in [1.807, 2.05) is 0 Å². The minimum Gasteiger partial charge on any atom is -0.383 e. The largest absolute Gasteiger partial charge is 0.414 e. The maximum Gasteiger partial charge on any atom is 0.414 e. The highest BCUT2D eigenvalue weighted by Crippen LogP contribution is 2.43. The summed E-state index contributed by atoms with van der Waals surface area (Å²) in [6.45, 7) is 2.46. The van der Waals surface area contributed by atoms with E-state index in [4.69, 9.17) is 5.11 Å². The first-order valence-electron chi connectivity index (χ1n) is 4.47. The first-order valence-corrected chi connectivity index (χ1v) is 6.12. The molecular weight excluding hydrogens is 233 g/mol. The van der Waals surface area contributed by atoms with Gasteiger partial charge in [-0.15, -0.1) is 0 Å². The van der Waals surface area contributed by atoms with Crippen molar-refractivity contribution in [2.75, 3.05) is 5.75 Å². The minimum atomic E-state index is -4.76. The standard InChI is InChI=1S/C8H13F3O3S/c1-7(2)5(3-4-15(7,13)14)6(12)8(9,10)11/h5-6,12H,3-4H2,1-2H3/t5?,6-/m1/s1. The van der Waals surface area contributed by atoms with Gasteiger partial charge in [-0.2, -0.15) is 13.2 Å². The second-order valence-corrected chi connectivity index (χ2v) is 6.99. The molecule has 0 bridgehead atoms. The minimum absolute atomic E-state index is 0.143. The molecule has 0 saturated carbocycles. The van der Waals surface area contributed by atoms with Crippen molar-refractivity contribution in [3.05, 3.63) is 0 Å². The van der Waals surface area contributed by atoms with Crippen LogP contribution in [0.5, 0.6) is 0 Å². The van der Waals surface area contributed by atoms with Gasteiger partial charge in [-0.25, -0.2) is 8.42 Å². The number of halogens is 3. The molecule has 90 valence electrons. The SMILES string of the molecule is CC1(C)C([C@@H](O)C(F)(F)F)CCS1(=O)=O. The topological polar surface area (TPSA) is 54.4 Å². The van der Waals surface area contributed by atoms with Crippen LogP contribution in [0.4, 0.5) is 13.2 Å². The van der Waals surface area contributed by atoms with Crippen LogP contribution in [0.25, 0.3) is 0 Å². The Morgan fingerprint density at radius 1 is 1.40 bits per heavy atom. The van der Waals surface area contributed by atoms with Gasteiger partial charge in [0.25, 0.3) is 0 Å². The lowest BCUT2D eigenvalue weighted by Gasteiger charge is -2.30. The molecule has 0 radical (unpaired) electrons. The molecule has 1 heterocycles. The van der Waals surface area contributed by atoms with E-state index in [-0.39, 0.29) is 12.2 Å². The van der Waals surface area contributed by atoms with Gasteiger partial charge < -0.3 is 5.11 Å². The molecule has 1 unspecified atom stereocenters. The number of sulfone groups is 1. The van der Waals surface area contributed by atoms with Gasteiger partial charge in [0.1, 0.15) is 0 Å². The van der Waals surface area contributed by atoms with Crippen molar-refractivity contribution < 1.29 is 26.7 Å². The molecule has 1 fully saturated rings. The maximum atomic E-state index is 12.3. The molecule has 1 saturated heterocycles. The lowest BCUT2D eigenvalue weighted by atomic mass is 9.87. The van der Waals surface area contributed by atoms with Crippen LogP contribution in [-0.2, 0) is 9.84 Å². The van der Waals surface area contributed by atoms with Crippen LogP contribution in [-0.4, -0.2) is 36.3 Å². The van der Waals surface area contributed by atoms with Crippen molar-refractivity contribution in [1.29, 1.82) is 0 Å². The highest BCUT2D eigenvalue weighted by molar-refractivity contribution is 7.93. The highest BCUT2D eigenvalue weighted by Gasteiger charge is 2.56. The molecule has 2 atom stereocenters. The molecule has 0 aromatic carbocycles. The summed E-state index contributed by atoms with van der Waals surface area (Å²) in [4.78, 5) is 0. The average molecular weight is 246 g/mol. The second kappa shape index (κ2) is 3.35. The van der Waals surface area contributed by atoms with Crippen LogP contribution >= 0.6 is 0 Å². The van der Waals surface area contributed by atoms with E-state index in [9.17, 15) is 21.6 Å². The Hall–Kier alpha value is -0.300. The molecule has 15 heavy (non-hydrogen) atoms. The van der Waals surface area contributed by atoms with Crippen LogP contribution in [0.15, 0.2) is 0 Å². The molecule has 0 aromatic rings. The van der Waals surface area contributed by atoms with Crippen molar-refractivity contribution in [3.8, 4) is 0 Å². The molecule has 1 aliphatic rings. The Morgan fingerprint density at radius 3 is 2.13 bits per heavy atom. The second-order valence-electron chi connectivity index (χ2n) is 4.30. The number of aliphatic hydroxyl groups is 1. The van der Waals surface area contributed by atoms with Crippen molar-refractivity contribution in [1.82, 2.24) is 0 Å². The Morgan fingerprint density at radius 2 is 1.87 bits per heavy atom. The van der Waals surface area contributed by atoms with E-state index in [0.717, 1.165) is 0 Å². The zero-order chi connectivity index (χ0) is 12.1. The summed E-state index contributed by atoms with van der Waals surface area (Å²) in [5, 5.41) is 9.06. The zero-order valence-corrected chi connectivity index (χ0v) is 9.19. The molecule has 1 aliphatic heterocycles. The molecule has 0 aromatic heterocycles. The molecule has 0 amide bonds. The fourth-order valence-corrected chi connectivity index (χ4v) is 3.69. The zero-order valence-electron chi connectivity index (χ0n) is 8.37.